The molecule has 0 aromatic rings. The van der Waals surface area contributed by atoms with Gasteiger partial charge in [0.05, 0.1) is 6.54 Å². The van der Waals surface area contributed by atoms with Crippen molar-refractivity contribution in [2.75, 3.05) is 45.8 Å². The largest absolute Gasteiger partial charge is 0.357 e. The summed E-state index contributed by atoms with van der Waals surface area (Å²) in [5.74, 6) is 1.06. The minimum atomic E-state index is 0.179. The van der Waals surface area contributed by atoms with Gasteiger partial charge in [0.15, 0.2) is 5.96 Å². The highest BCUT2D eigenvalue weighted by atomic mass is 16.2. The van der Waals surface area contributed by atoms with E-state index in [2.05, 4.69) is 41.3 Å². The van der Waals surface area contributed by atoms with Crippen LogP contribution in [0.15, 0.2) is 4.99 Å². The van der Waals surface area contributed by atoms with Gasteiger partial charge >= 0.3 is 0 Å². The zero-order chi connectivity index (χ0) is 15.0. The van der Waals surface area contributed by atoms with Crippen molar-refractivity contribution in [2.24, 2.45) is 4.99 Å². The Kier molecular flexibility index (Phi) is 7.36. The number of hydrogen-bond donors (Lipinski definition) is 2. The molecule has 0 aromatic heterocycles. The molecule has 6 heteroatoms. The number of carbonyl (C=O) groups excluding carboxylic acids is 1. The van der Waals surface area contributed by atoms with Gasteiger partial charge in [-0.2, -0.15) is 0 Å². The highest BCUT2D eigenvalue weighted by Crippen LogP contribution is 2.01. The van der Waals surface area contributed by atoms with Crippen molar-refractivity contribution in [3.63, 3.8) is 0 Å². The molecule has 0 aromatic carbocycles. The summed E-state index contributed by atoms with van der Waals surface area (Å²) in [7, 11) is 0. The fourth-order valence-electron chi connectivity index (χ4n) is 2.18. The Morgan fingerprint density at radius 3 is 2.40 bits per heavy atom. The molecule has 0 unspecified atom stereocenters. The summed E-state index contributed by atoms with van der Waals surface area (Å²) in [6.07, 6.45) is 0. The van der Waals surface area contributed by atoms with Gasteiger partial charge in [-0.25, -0.2) is 0 Å². The van der Waals surface area contributed by atoms with Crippen LogP contribution in [0.4, 0.5) is 0 Å². The second kappa shape index (κ2) is 8.79. The number of guanidine groups is 1. The van der Waals surface area contributed by atoms with Crippen molar-refractivity contribution in [1.29, 1.82) is 0 Å². The summed E-state index contributed by atoms with van der Waals surface area (Å²) in [4.78, 5) is 20.1. The quantitative estimate of drug-likeness (QED) is 0.555. The molecule has 2 N–H and O–H groups in total. The fraction of sp³-hybridized carbons (Fsp3) is 0.857. The molecule has 0 saturated carbocycles. The van der Waals surface area contributed by atoms with Gasteiger partial charge in [0.2, 0.25) is 5.91 Å². The first kappa shape index (κ1) is 16.8. The Morgan fingerprint density at radius 1 is 1.25 bits per heavy atom. The van der Waals surface area contributed by atoms with Gasteiger partial charge in [0.1, 0.15) is 0 Å². The minimum absolute atomic E-state index is 0.179. The number of piperazine rings is 1. The molecular formula is C14H29N5O. The molecule has 1 heterocycles. The van der Waals surface area contributed by atoms with Crippen molar-refractivity contribution in [3.05, 3.63) is 0 Å². The minimum Gasteiger partial charge on any atom is -0.357 e. The fourth-order valence-corrected chi connectivity index (χ4v) is 2.18. The molecule has 1 aliphatic heterocycles. The third-order valence-electron chi connectivity index (χ3n) is 3.27. The average molecular weight is 283 g/mol. The second-order valence-corrected chi connectivity index (χ2v) is 5.41. The first-order valence-corrected chi connectivity index (χ1v) is 7.55. The van der Waals surface area contributed by atoms with Crippen molar-refractivity contribution < 1.29 is 4.79 Å². The van der Waals surface area contributed by atoms with Gasteiger partial charge in [0, 0.05) is 52.2 Å². The molecule has 1 fully saturated rings. The van der Waals surface area contributed by atoms with E-state index in [0.717, 1.165) is 51.8 Å². The lowest BCUT2D eigenvalue weighted by atomic mass is 10.3. The summed E-state index contributed by atoms with van der Waals surface area (Å²) < 4.78 is 0. The van der Waals surface area contributed by atoms with Crippen molar-refractivity contribution in [1.82, 2.24) is 20.4 Å². The number of carbonyl (C=O) groups is 1. The predicted octanol–water partition coefficient (Wildman–Crippen LogP) is 0.114. The molecule has 116 valence electrons. The normalized spacial score (nSPS) is 17.4. The van der Waals surface area contributed by atoms with Crippen molar-refractivity contribution in [3.8, 4) is 0 Å². The number of nitrogens with one attached hydrogen (secondary N) is 2. The molecular weight excluding hydrogens is 254 g/mol. The van der Waals surface area contributed by atoms with Crippen LogP contribution < -0.4 is 10.6 Å². The predicted molar refractivity (Wildman–Crippen MR) is 82.9 cm³/mol. The second-order valence-electron chi connectivity index (χ2n) is 5.41. The van der Waals surface area contributed by atoms with Gasteiger partial charge in [-0.1, -0.05) is 0 Å². The standard InChI is InChI=1S/C14H29N5O/c1-5-15-14(17-12(2)3)16-6-7-18-8-10-19(11-9-18)13(4)20/h12H,5-11H2,1-4H3,(H2,15,16,17). The van der Waals surface area contributed by atoms with Crippen molar-refractivity contribution in [2.45, 2.75) is 33.7 Å². The van der Waals surface area contributed by atoms with Crippen LogP contribution in [0.3, 0.4) is 0 Å². The van der Waals surface area contributed by atoms with Crippen LogP contribution in [-0.2, 0) is 4.79 Å². The van der Waals surface area contributed by atoms with E-state index >= 15 is 0 Å². The summed E-state index contributed by atoms with van der Waals surface area (Å²) in [6.45, 7) is 14.1. The monoisotopic (exact) mass is 283 g/mol. The highest BCUT2D eigenvalue weighted by Gasteiger charge is 2.17. The Balaban J connectivity index is 2.30. The number of nitrogens with zero attached hydrogens (tertiary/aromatic N) is 3. The van der Waals surface area contributed by atoms with Crippen LogP contribution in [-0.4, -0.2) is 73.5 Å². The van der Waals surface area contributed by atoms with Gasteiger partial charge in [0.25, 0.3) is 0 Å². The molecule has 6 nitrogen and oxygen atoms in total. The molecule has 0 atom stereocenters. The lowest BCUT2D eigenvalue weighted by molar-refractivity contribution is -0.130. The third-order valence-corrected chi connectivity index (χ3v) is 3.27. The first-order valence-electron chi connectivity index (χ1n) is 7.55. The number of amides is 1. The van der Waals surface area contributed by atoms with Gasteiger partial charge in [-0.15, -0.1) is 0 Å². The maximum atomic E-state index is 11.3. The van der Waals surface area contributed by atoms with Crippen LogP contribution in [0.1, 0.15) is 27.7 Å². The topological polar surface area (TPSA) is 60.0 Å². The zero-order valence-corrected chi connectivity index (χ0v) is 13.3. The van der Waals surface area contributed by atoms with E-state index in [1.807, 2.05) is 4.90 Å². The maximum absolute atomic E-state index is 11.3. The molecule has 0 radical (unpaired) electrons. The van der Waals surface area contributed by atoms with Crippen LogP contribution >= 0.6 is 0 Å². The van der Waals surface area contributed by atoms with E-state index in [1.165, 1.54) is 0 Å². The van der Waals surface area contributed by atoms with Crippen LogP contribution in [0.25, 0.3) is 0 Å². The lowest BCUT2D eigenvalue weighted by Crippen LogP contribution is -2.48. The summed E-state index contributed by atoms with van der Waals surface area (Å²) in [5.41, 5.74) is 0. The van der Waals surface area contributed by atoms with E-state index < -0.39 is 0 Å². The Labute approximate surface area is 122 Å². The number of hydrogen-bond acceptors (Lipinski definition) is 3. The molecule has 1 rings (SSSR count). The molecule has 20 heavy (non-hydrogen) atoms. The molecule has 0 spiro atoms. The zero-order valence-electron chi connectivity index (χ0n) is 13.3. The van der Waals surface area contributed by atoms with E-state index in [-0.39, 0.29) is 5.91 Å². The molecule has 0 bridgehead atoms. The first-order chi connectivity index (χ1) is 9.52. The van der Waals surface area contributed by atoms with E-state index in [1.54, 1.807) is 6.92 Å². The van der Waals surface area contributed by atoms with Crippen LogP contribution in [0, 0.1) is 0 Å². The Morgan fingerprint density at radius 2 is 1.90 bits per heavy atom. The molecule has 1 saturated heterocycles. The lowest BCUT2D eigenvalue weighted by Gasteiger charge is -2.33. The summed E-state index contributed by atoms with van der Waals surface area (Å²) >= 11 is 0. The van der Waals surface area contributed by atoms with Crippen LogP contribution in [0.5, 0.6) is 0 Å². The summed E-state index contributed by atoms with van der Waals surface area (Å²) in [6, 6.07) is 0.381. The number of rotatable bonds is 5. The van der Waals surface area contributed by atoms with Gasteiger partial charge < -0.3 is 15.5 Å². The van der Waals surface area contributed by atoms with E-state index in [4.69, 9.17) is 0 Å². The molecule has 1 amide bonds. The molecule has 0 aliphatic carbocycles. The maximum Gasteiger partial charge on any atom is 0.219 e. The Hall–Kier alpha value is -1.30. The third kappa shape index (κ3) is 6.23. The molecule has 1 aliphatic rings. The average Bonchev–Trinajstić information content (AvgIpc) is 2.39. The van der Waals surface area contributed by atoms with Gasteiger partial charge in [-0.3, -0.25) is 14.7 Å². The smallest absolute Gasteiger partial charge is 0.219 e. The van der Waals surface area contributed by atoms with Crippen molar-refractivity contribution >= 4 is 11.9 Å². The van der Waals surface area contributed by atoms with E-state index in [0.29, 0.717) is 6.04 Å². The SMILES string of the molecule is CCNC(=NCCN1CCN(C(C)=O)CC1)NC(C)C. The highest BCUT2D eigenvalue weighted by molar-refractivity contribution is 5.79. The van der Waals surface area contributed by atoms with E-state index in [9.17, 15) is 4.79 Å². The van der Waals surface area contributed by atoms with Crippen LogP contribution in [0.2, 0.25) is 0 Å². The number of aliphatic imine (C=N–C) groups is 1. The Bertz CT molecular complexity index is 322. The summed E-state index contributed by atoms with van der Waals surface area (Å²) in [5, 5.41) is 6.55. The van der Waals surface area contributed by atoms with Gasteiger partial charge in [-0.05, 0) is 20.8 Å².